The number of hydrogen-bond donors (Lipinski definition) is 0. The van der Waals surface area contributed by atoms with Gasteiger partial charge in [-0.2, -0.15) is 0 Å². The smallest absolute Gasteiger partial charge is 0.110 e. The van der Waals surface area contributed by atoms with Gasteiger partial charge in [0.2, 0.25) is 0 Å². The highest BCUT2D eigenvalue weighted by Gasteiger charge is 2.54. The van der Waals surface area contributed by atoms with Crippen LogP contribution in [0.2, 0.25) is 0 Å². The molecule has 2 unspecified atom stereocenters. The van der Waals surface area contributed by atoms with E-state index in [1.54, 1.807) is 16.2 Å². The molecule has 0 N–H and O–H groups in total. The summed E-state index contributed by atoms with van der Waals surface area (Å²) in [5, 5.41) is 5.60. The molecule has 2 nitrogen and oxygen atoms in total. The molecule has 0 spiro atoms. The van der Waals surface area contributed by atoms with Gasteiger partial charge in [-0.05, 0) is 76.6 Å². The predicted octanol–water partition coefficient (Wildman–Crippen LogP) is 6.32. The minimum atomic E-state index is -0.727. The molecule has 3 heteroatoms. The highest BCUT2D eigenvalue weighted by atomic mass is 31.1. The van der Waals surface area contributed by atoms with Crippen LogP contribution in [0.25, 0.3) is 16.7 Å². The van der Waals surface area contributed by atoms with Crippen molar-refractivity contribution in [3.8, 4) is 23.0 Å². The Kier molecular flexibility index (Phi) is 3.78. The summed E-state index contributed by atoms with van der Waals surface area (Å²) < 4.78 is 2.59. The fourth-order valence-electron chi connectivity index (χ4n) is 7.06. The largest absolute Gasteiger partial charge is 0.280 e. The van der Waals surface area contributed by atoms with Crippen molar-refractivity contribution < 1.29 is 4.46 Å². The van der Waals surface area contributed by atoms with Crippen molar-refractivity contribution in [3.05, 3.63) is 106 Å². The van der Waals surface area contributed by atoms with Crippen LogP contribution in [0, 0.1) is 11.8 Å². The normalized spacial score (nSPS) is 23.1. The first-order valence-electron chi connectivity index (χ1n) is 13.1. The van der Waals surface area contributed by atoms with E-state index in [1.165, 1.54) is 50.3 Å². The molecule has 170 valence electrons. The molecule has 3 heterocycles. The molecule has 36 heavy (non-hydrogen) atoms. The molecule has 3 aromatic rings. The number of nitrogens with zero attached hydrogens (tertiary/aromatic N) is 2. The summed E-state index contributed by atoms with van der Waals surface area (Å²) in [5.41, 5.74) is 14.3. The van der Waals surface area contributed by atoms with Crippen molar-refractivity contribution in [1.82, 2.24) is 0 Å². The average Bonchev–Trinajstić information content (AvgIpc) is 3.05. The lowest BCUT2D eigenvalue weighted by molar-refractivity contribution is -0.362. The zero-order valence-electron chi connectivity index (χ0n) is 20.0. The third-order valence-corrected chi connectivity index (χ3v) is 11.3. The van der Waals surface area contributed by atoms with Crippen LogP contribution in [-0.2, 0) is 6.42 Å². The summed E-state index contributed by atoms with van der Waals surface area (Å²) >= 11 is 0. The van der Waals surface area contributed by atoms with Crippen molar-refractivity contribution in [2.24, 2.45) is 0 Å². The van der Waals surface area contributed by atoms with Crippen LogP contribution in [0.1, 0.15) is 53.9 Å². The van der Waals surface area contributed by atoms with E-state index in [0.717, 1.165) is 32.1 Å². The molecular weight excluding hydrogens is 455 g/mol. The van der Waals surface area contributed by atoms with Gasteiger partial charge in [-0.25, -0.2) is 0 Å². The lowest BCUT2D eigenvalue weighted by atomic mass is 9.75. The fourth-order valence-corrected chi connectivity index (χ4v) is 10.1. The number of allylic oxidation sites excluding steroid dienone is 6. The van der Waals surface area contributed by atoms with Crippen molar-refractivity contribution >= 4 is 36.2 Å². The molecule has 4 bridgehead atoms. The molecule has 0 radical (unpaired) electrons. The Morgan fingerprint density at radius 2 is 1.72 bits per heavy atom. The molecule has 3 aliphatic carbocycles. The second-order valence-corrected chi connectivity index (χ2v) is 12.4. The Balaban J connectivity index is 1.41. The maximum Gasteiger partial charge on any atom is 0.280 e. The maximum atomic E-state index is 3.41. The van der Waals surface area contributed by atoms with Crippen molar-refractivity contribution in [2.45, 2.75) is 38.0 Å². The van der Waals surface area contributed by atoms with Gasteiger partial charge < -0.3 is 0 Å². The molecule has 6 aliphatic rings. The van der Waals surface area contributed by atoms with Gasteiger partial charge in [0, 0.05) is 5.92 Å². The lowest BCUT2D eigenvalue weighted by Gasteiger charge is -2.30. The van der Waals surface area contributed by atoms with Crippen molar-refractivity contribution in [3.63, 3.8) is 0 Å². The first kappa shape index (κ1) is 19.5. The second kappa shape index (κ2) is 6.97. The average molecular weight is 480 g/mol. The third-order valence-electron chi connectivity index (χ3n) is 8.66. The van der Waals surface area contributed by atoms with Crippen molar-refractivity contribution in [2.75, 3.05) is 5.01 Å². The van der Waals surface area contributed by atoms with Gasteiger partial charge in [0.25, 0.3) is 8.07 Å². The number of rotatable bonds is 1. The Labute approximate surface area is 212 Å². The van der Waals surface area contributed by atoms with Crippen LogP contribution < -0.4 is 15.6 Å². The van der Waals surface area contributed by atoms with Gasteiger partial charge >= 0.3 is 0 Å². The topological polar surface area (TPSA) is 6.25 Å². The number of hydrogen-bond acceptors (Lipinski definition) is 1. The number of anilines is 1. The van der Waals surface area contributed by atoms with Crippen LogP contribution >= 0.6 is 8.07 Å². The third kappa shape index (κ3) is 2.35. The number of hydrazine groups is 1. The highest BCUT2D eigenvalue weighted by Crippen LogP contribution is 2.58. The Morgan fingerprint density at radius 3 is 2.67 bits per heavy atom. The Hall–Kier alpha value is -3.66. The Bertz CT molecular complexity index is 1740. The number of hydrazone groups is 1. The van der Waals surface area contributed by atoms with E-state index in [1.807, 2.05) is 0 Å². The van der Waals surface area contributed by atoms with Gasteiger partial charge in [-0.15, -0.1) is 5.01 Å². The minimum Gasteiger partial charge on any atom is -0.110 e. The van der Waals surface area contributed by atoms with Gasteiger partial charge in [0.05, 0.1) is 22.6 Å². The molecule has 3 aliphatic heterocycles. The molecular formula is C33H24N2P+. The molecule has 3 aromatic carbocycles. The predicted molar refractivity (Wildman–Crippen MR) is 149 cm³/mol. The highest BCUT2D eigenvalue weighted by molar-refractivity contribution is 7.68. The molecule has 0 saturated carbocycles. The zero-order valence-corrected chi connectivity index (χ0v) is 20.9. The minimum absolute atomic E-state index is 0.404. The second-order valence-electron chi connectivity index (χ2n) is 10.4. The van der Waals surface area contributed by atoms with Crippen molar-refractivity contribution in [1.29, 1.82) is 0 Å². The standard InChI is InChI=1S/C33H24N2P/c1-2-4-9-21(8-3-1)23-12-7-13-27-28-20-29-26(24-10-5-6-11-25(24)28)15-17-31-33(29)36(32(23)27)34-19-18-22-14-16-30(22)35(31)34/h1,3,5-7,9-13,15,17,19,28H,2,4,8,18,20H2/q+1. The first-order chi connectivity index (χ1) is 17.9. The summed E-state index contributed by atoms with van der Waals surface area (Å²) in [5.74, 6) is 7.13. The van der Waals surface area contributed by atoms with E-state index in [-0.39, 0.29) is 0 Å². The molecule has 0 amide bonds. The zero-order chi connectivity index (χ0) is 23.4. The molecule has 9 rings (SSSR count). The van der Waals surface area contributed by atoms with E-state index < -0.39 is 8.07 Å². The van der Waals surface area contributed by atoms with Gasteiger partial charge in [-0.3, -0.25) is 0 Å². The summed E-state index contributed by atoms with van der Waals surface area (Å²) in [4.78, 5) is 0. The monoisotopic (exact) mass is 479 g/mol. The maximum absolute atomic E-state index is 3.41. The van der Waals surface area contributed by atoms with Crippen LogP contribution in [0.5, 0.6) is 0 Å². The van der Waals surface area contributed by atoms with E-state index in [9.17, 15) is 0 Å². The molecule has 0 saturated heterocycles. The molecule has 2 atom stereocenters. The molecule has 0 fully saturated rings. The van der Waals surface area contributed by atoms with E-state index in [4.69, 9.17) is 0 Å². The van der Waals surface area contributed by atoms with Gasteiger partial charge in [0.1, 0.15) is 5.69 Å². The summed E-state index contributed by atoms with van der Waals surface area (Å²) in [6.45, 7) is 0. The quantitative estimate of drug-likeness (QED) is 0.225. The van der Waals surface area contributed by atoms with E-state index in [2.05, 4.69) is 100 Å². The SMILES string of the molecule is C1#CC2=C1CC=[N+]1N2c2ccc3c4c2P1c1c(C2=CCCC=CC2)cccc1C(C4)c1ccccc1-3. The van der Waals surface area contributed by atoms with Crippen LogP contribution in [0.3, 0.4) is 0 Å². The van der Waals surface area contributed by atoms with Crippen LogP contribution in [-0.4, -0.2) is 10.7 Å². The van der Waals surface area contributed by atoms with E-state index >= 15 is 0 Å². The Morgan fingerprint density at radius 1 is 0.806 bits per heavy atom. The summed E-state index contributed by atoms with van der Waals surface area (Å²) in [7, 11) is -0.727. The molecule has 0 aromatic heterocycles. The number of fused-ring (bicyclic) bond motifs is 7. The first-order valence-corrected chi connectivity index (χ1v) is 14.4. The lowest BCUT2D eigenvalue weighted by Crippen LogP contribution is -2.36. The summed E-state index contributed by atoms with van der Waals surface area (Å²) in [6, 6.07) is 21.1. The van der Waals surface area contributed by atoms with Crippen LogP contribution in [0.15, 0.2) is 84.1 Å². The van der Waals surface area contributed by atoms with Gasteiger partial charge in [-0.1, -0.05) is 77.1 Å². The number of benzene rings is 3. The van der Waals surface area contributed by atoms with Gasteiger partial charge in [0.15, 0.2) is 11.9 Å². The van der Waals surface area contributed by atoms with Crippen LogP contribution in [0.4, 0.5) is 5.69 Å². The summed E-state index contributed by atoms with van der Waals surface area (Å²) in [6.07, 6.45) is 15.0. The fraction of sp³-hybridized carbons (Fsp3) is 0.182. The van der Waals surface area contributed by atoms with E-state index in [0.29, 0.717) is 5.92 Å².